The van der Waals surface area contributed by atoms with Gasteiger partial charge in [0.25, 0.3) is 0 Å². The molecule has 3 N–H and O–H groups in total. The van der Waals surface area contributed by atoms with E-state index in [2.05, 4.69) is 12.1 Å². The fraction of sp³-hybridized carbons (Fsp3) is 0.200. The summed E-state index contributed by atoms with van der Waals surface area (Å²) in [4.78, 5) is 2.22. The van der Waals surface area contributed by atoms with Gasteiger partial charge < -0.3 is 10.8 Å². The number of hydrogen-bond donors (Lipinski definition) is 2. The van der Waals surface area contributed by atoms with Crippen LogP contribution >= 0.6 is 11.8 Å². The molecule has 0 bridgehead atoms. The Morgan fingerprint density at radius 1 is 1.06 bits per heavy atom. The molecule has 2 rings (SSSR count). The zero-order valence-corrected chi connectivity index (χ0v) is 11.2. The molecule has 0 aliphatic rings. The Morgan fingerprint density at radius 2 is 1.67 bits per heavy atom. The molecule has 2 aromatic carbocycles. The van der Waals surface area contributed by atoms with Gasteiger partial charge in [-0.2, -0.15) is 0 Å². The Morgan fingerprint density at radius 3 is 2.33 bits per heavy atom. The molecule has 0 heterocycles. The van der Waals surface area contributed by atoms with E-state index < -0.39 is 0 Å². The number of rotatable bonds is 4. The highest BCUT2D eigenvalue weighted by atomic mass is 32.2. The zero-order valence-electron chi connectivity index (χ0n) is 10.3. The first-order valence-corrected chi connectivity index (χ1v) is 6.75. The van der Waals surface area contributed by atoms with Crippen LogP contribution in [0.3, 0.4) is 0 Å². The van der Waals surface area contributed by atoms with Gasteiger partial charge in [-0.3, -0.25) is 0 Å². The topological polar surface area (TPSA) is 46.2 Å². The molecule has 0 aliphatic carbocycles. The van der Waals surface area contributed by atoms with E-state index in [1.54, 1.807) is 11.8 Å². The molecule has 0 saturated carbocycles. The molecule has 0 aromatic heterocycles. The van der Waals surface area contributed by atoms with Crippen molar-refractivity contribution in [3.05, 3.63) is 59.7 Å². The van der Waals surface area contributed by atoms with Crippen LogP contribution in [0, 0.1) is 0 Å². The predicted octanol–water partition coefficient (Wildman–Crippen LogP) is 3.35. The Labute approximate surface area is 112 Å². The predicted molar refractivity (Wildman–Crippen MR) is 75.5 cm³/mol. The second kappa shape index (κ2) is 6.05. The van der Waals surface area contributed by atoms with Crippen molar-refractivity contribution >= 4 is 11.8 Å². The SMILES string of the molecule is CC(N)c1ccccc1Sc1ccccc1CO. The van der Waals surface area contributed by atoms with Gasteiger partial charge in [-0.05, 0) is 30.2 Å². The highest BCUT2D eigenvalue weighted by Gasteiger charge is 2.09. The highest BCUT2D eigenvalue weighted by Crippen LogP contribution is 2.34. The minimum Gasteiger partial charge on any atom is -0.392 e. The maximum atomic E-state index is 9.34. The number of hydrogen-bond acceptors (Lipinski definition) is 3. The lowest BCUT2D eigenvalue weighted by Gasteiger charge is -2.13. The van der Waals surface area contributed by atoms with Gasteiger partial charge in [0.1, 0.15) is 0 Å². The standard InChI is InChI=1S/C15H17NOS/c1-11(16)13-7-3-5-9-15(13)18-14-8-4-2-6-12(14)10-17/h2-9,11,17H,10,16H2,1H3. The molecule has 2 aromatic rings. The fourth-order valence-corrected chi connectivity index (χ4v) is 2.97. The lowest BCUT2D eigenvalue weighted by Crippen LogP contribution is -2.06. The van der Waals surface area contributed by atoms with Crippen molar-refractivity contribution in [1.82, 2.24) is 0 Å². The largest absolute Gasteiger partial charge is 0.392 e. The molecule has 2 nitrogen and oxygen atoms in total. The maximum absolute atomic E-state index is 9.34. The molecule has 1 atom stereocenters. The summed E-state index contributed by atoms with van der Waals surface area (Å²) in [5.74, 6) is 0. The summed E-state index contributed by atoms with van der Waals surface area (Å²) in [6, 6.07) is 16.0. The lowest BCUT2D eigenvalue weighted by atomic mass is 10.1. The molecule has 0 amide bonds. The van der Waals surface area contributed by atoms with Crippen molar-refractivity contribution < 1.29 is 5.11 Å². The van der Waals surface area contributed by atoms with Crippen LogP contribution in [0.5, 0.6) is 0 Å². The summed E-state index contributed by atoms with van der Waals surface area (Å²) in [6.07, 6.45) is 0. The van der Waals surface area contributed by atoms with Crippen molar-refractivity contribution in [1.29, 1.82) is 0 Å². The minimum atomic E-state index is 0.00925. The third-order valence-electron chi connectivity index (χ3n) is 2.77. The van der Waals surface area contributed by atoms with Crippen LogP contribution in [0.4, 0.5) is 0 Å². The smallest absolute Gasteiger partial charge is 0.0692 e. The molecule has 0 saturated heterocycles. The second-order valence-corrected chi connectivity index (χ2v) is 5.28. The van der Waals surface area contributed by atoms with Gasteiger partial charge in [-0.25, -0.2) is 0 Å². The van der Waals surface area contributed by atoms with Crippen molar-refractivity contribution in [2.45, 2.75) is 29.4 Å². The van der Waals surface area contributed by atoms with Gasteiger partial charge in [0.05, 0.1) is 6.61 Å². The van der Waals surface area contributed by atoms with Crippen LogP contribution in [-0.4, -0.2) is 5.11 Å². The van der Waals surface area contributed by atoms with Crippen molar-refractivity contribution in [3.8, 4) is 0 Å². The molecular formula is C15H17NOS. The molecule has 0 aliphatic heterocycles. The van der Waals surface area contributed by atoms with Crippen LogP contribution in [0.2, 0.25) is 0 Å². The summed E-state index contributed by atoms with van der Waals surface area (Å²) < 4.78 is 0. The molecule has 94 valence electrons. The minimum absolute atomic E-state index is 0.00925. The van der Waals surface area contributed by atoms with Gasteiger partial charge in [-0.1, -0.05) is 48.2 Å². The molecule has 3 heteroatoms. The summed E-state index contributed by atoms with van der Waals surface area (Å²) in [7, 11) is 0. The average molecular weight is 259 g/mol. The van der Waals surface area contributed by atoms with Crippen LogP contribution in [0.15, 0.2) is 58.3 Å². The quantitative estimate of drug-likeness (QED) is 0.885. The van der Waals surface area contributed by atoms with Gasteiger partial charge in [0.2, 0.25) is 0 Å². The van der Waals surface area contributed by atoms with Crippen LogP contribution in [-0.2, 0) is 6.61 Å². The third-order valence-corrected chi connectivity index (χ3v) is 3.98. The molecule has 0 radical (unpaired) electrons. The first-order chi connectivity index (χ1) is 8.72. The van der Waals surface area contributed by atoms with Gasteiger partial charge >= 0.3 is 0 Å². The number of aliphatic hydroxyl groups is 1. The van der Waals surface area contributed by atoms with Crippen LogP contribution < -0.4 is 5.73 Å². The molecule has 18 heavy (non-hydrogen) atoms. The summed E-state index contributed by atoms with van der Waals surface area (Å²) in [5, 5.41) is 9.34. The lowest BCUT2D eigenvalue weighted by molar-refractivity contribution is 0.279. The molecule has 0 spiro atoms. The van der Waals surface area contributed by atoms with Crippen molar-refractivity contribution in [2.24, 2.45) is 5.73 Å². The Bertz CT molecular complexity index is 525. The van der Waals surface area contributed by atoms with Crippen molar-refractivity contribution in [3.63, 3.8) is 0 Å². The van der Waals surface area contributed by atoms with E-state index >= 15 is 0 Å². The molecule has 0 fully saturated rings. The van der Waals surface area contributed by atoms with Gasteiger partial charge in [-0.15, -0.1) is 0 Å². The van der Waals surface area contributed by atoms with E-state index in [1.165, 1.54) is 0 Å². The second-order valence-electron chi connectivity index (χ2n) is 4.19. The van der Waals surface area contributed by atoms with E-state index in [9.17, 15) is 5.11 Å². The first kappa shape index (κ1) is 13.1. The van der Waals surface area contributed by atoms with Crippen LogP contribution in [0.1, 0.15) is 24.1 Å². The number of nitrogens with two attached hydrogens (primary N) is 1. The number of benzene rings is 2. The highest BCUT2D eigenvalue weighted by molar-refractivity contribution is 7.99. The summed E-state index contributed by atoms with van der Waals surface area (Å²) in [5.41, 5.74) is 8.06. The first-order valence-electron chi connectivity index (χ1n) is 5.93. The summed E-state index contributed by atoms with van der Waals surface area (Å²) in [6.45, 7) is 2.04. The summed E-state index contributed by atoms with van der Waals surface area (Å²) >= 11 is 1.65. The van der Waals surface area contributed by atoms with Crippen LogP contribution in [0.25, 0.3) is 0 Å². The Kier molecular flexibility index (Phi) is 4.42. The third kappa shape index (κ3) is 2.93. The maximum Gasteiger partial charge on any atom is 0.0692 e. The number of aliphatic hydroxyl groups excluding tert-OH is 1. The van der Waals surface area contributed by atoms with Gasteiger partial charge in [0, 0.05) is 15.8 Å². The fourth-order valence-electron chi connectivity index (χ4n) is 1.80. The van der Waals surface area contributed by atoms with E-state index in [0.717, 1.165) is 20.9 Å². The van der Waals surface area contributed by atoms with E-state index in [4.69, 9.17) is 5.73 Å². The van der Waals surface area contributed by atoms with E-state index in [0.29, 0.717) is 0 Å². The van der Waals surface area contributed by atoms with Gasteiger partial charge in [0.15, 0.2) is 0 Å². The molecule has 1 unspecified atom stereocenters. The van der Waals surface area contributed by atoms with E-state index in [-0.39, 0.29) is 12.6 Å². The Hall–Kier alpha value is -1.29. The zero-order chi connectivity index (χ0) is 13.0. The van der Waals surface area contributed by atoms with Crippen molar-refractivity contribution in [2.75, 3.05) is 0 Å². The normalized spacial score (nSPS) is 12.4. The Balaban J connectivity index is 2.34. The average Bonchev–Trinajstić information content (AvgIpc) is 2.40. The molecular weight excluding hydrogens is 242 g/mol. The monoisotopic (exact) mass is 259 g/mol. The van der Waals surface area contributed by atoms with E-state index in [1.807, 2.05) is 43.3 Å².